The van der Waals surface area contributed by atoms with E-state index >= 15 is 0 Å². The van der Waals surface area contributed by atoms with Crippen LogP contribution in [0, 0.1) is 0 Å². The third-order valence-electron chi connectivity index (χ3n) is 3.68. The number of hydrogen-bond donors (Lipinski definition) is 1. The van der Waals surface area contributed by atoms with E-state index in [4.69, 9.17) is 0 Å². The Hall–Kier alpha value is -0.170. The zero-order valence-corrected chi connectivity index (χ0v) is 12.8. The maximum absolute atomic E-state index is 12.4. The Morgan fingerprint density at radius 1 is 1.33 bits per heavy atom. The maximum atomic E-state index is 12.4. The zero-order chi connectivity index (χ0) is 13.8. The fourth-order valence-corrected chi connectivity index (χ4v) is 3.97. The first-order chi connectivity index (χ1) is 8.43. The molecule has 108 valence electrons. The molecule has 2 unspecified atom stereocenters. The van der Waals surface area contributed by atoms with Gasteiger partial charge in [-0.1, -0.05) is 13.8 Å². The fraction of sp³-hybridized carbons (Fsp3) is 1.00. The van der Waals surface area contributed by atoms with E-state index in [-0.39, 0.29) is 5.25 Å². The molecule has 1 N–H and O–H groups in total. The minimum atomic E-state index is -3.15. The number of rotatable bonds is 6. The van der Waals surface area contributed by atoms with Crippen LogP contribution in [0.4, 0.5) is 0 Å². The van der Waals surface area contributed by atoms with Crippen molar-refractivity contribution in [3.8, 4) is 0 Å². The van der Waals surface area contributed by atoms with Gasteiger partial charge >= 0.3 is 0 Å². The largest absolute Gasteiger partial charge is 0.316 e. The highest BCUT2D eigenvalue weighted by Crippen LogP contribution is 2.16. The molecule has 0 saturated carbocycles. The van der Waals surface area contributed by atoms with E-state index in [1.54, 1.807) is 11.2 Å². The molecule has 1 saturated heterocycles. The fourth-order valence-electron chi connectivity index (χ4n) is 2.37. The topological polar surface area (TPSA) is 52.7 Å². The van der Waals surface area contributed by atoms with Crippen LogP contribution in [0.5, 0.6) is 0 Å². The molecule has 2 atom stereocenters. The van der Waals surface area contributed by atoms with E-state index < -0.39 is 10.0 Å². The van der Waals surface area contributed by atoms with Gasteiger partial charge in [0, 0.05) is 32.2 Å². The average Bonchev–Trinajstić information content (AvgIpc) is 2.35. The zero-order valence-electron chi connectivity index (χ0n) is 12.0. The second kappa shape index (κ2) is 6.84. The summed E-state index contributed by atoms with van der Waals surface area (Å²) in [5.74, 6) is 0. The lowest BCUT2D eigenvalue weighted by Gasteiger charge is -2.39. The number of piperazine rings is 1. The van der Waals surface area contributed by atoms with Gasteiger partial charge in [-0.05, 0) is 26.9 Å². The minimum Gasteiger partial charge on any atom is -0.316 e. The Morgan fingerprint density at radius 2 is 2.00 bits per heavy atom. The van der Waals surface area contributed by atoms with Crippen LogP contribution in [-0.4, -0.2) is 68.2 Å². The number of hydrogen-bond acceptors (Lipinski definition) is 4. The molecule has 1 heterocycles. The summed E-state index contributed by atoms with van der Waals surface area (Å²) in [6.07, 6.45) is 0. The van der Waals surface area contributed by atoms with Crippen molar-refractivity contribution < 1.29 is 8.42 Å². The second-order valence-corrected chi connectivity index (χ2v) is 7.35. The van der Waals surface area contributed by atoms with Crippen LogP contribution in [0.25, 0.3) is 0 Å². The molecule has 18 heavy (non-hydrogen) atoms. The summed E-state index contributed by atoms with van der Waals surface area (Å²) < 4.78 is 26.5. The smallest absolute Gasteiger partial charge is 0.218 e. The van der Waals surface area contributed by atoms with Crippen molar-refractivity contribution in [1.82, 2.24) is 14.5 Å². The predicted molar refractivity (Wildman–Crippen MR) is 75.2 cm³/mol. The van der Waals surface area contributed by atoms with Crippen LogP contribution >= 0.6 is 0 Å². The first-order valence-electron chi connectivity index (χ1n) is 6.87. The lowest BCUT2D eigenvalue weighted by atomic mass is 10.2. The minimum absolute atomic E-state index is 0.310. The Balaban J connectivity index is 2.64. The SMILES string of the molecule is CCNCC(C)S(=O)(=O)N1CCN(CC)C(C)C1. The van der Waals surface area contributed by atoms with Gasteiger partial charge in [0.05, 0.1) is 5.25 Å². The van der Waals surface area contributed by atoms with E-state index in [9.17, 15) is 8.42 Å². The Bertz CT molecular complexity index is 345. The monoisotopic (exact) mass is 277 g/mol. The van der Waals surface area contributed by atoms with E-state index in [0.717, 1.165) is 19.6 Å². The summed E-state index contributed by atoms with van der Waals surface area (Å²) in [5, 5.41) is 2.76. The van der Waals surface area contributed by atoms with Crippen LogP contribution in [0.15, 0.2) is 0 Å². The van der Waals surface area contributed by atoms with Crippen LogP contribution in [0.1, 0.15) is 27.7 Å². The maximum Gasteiger partial charge on any atom is 0.218 e. The van der Waals surface area contributed by atoms with E-state index in [1.807, 2.05) is 6.92 Å². The highest BCUT2D eigenvalue weighted by atomic mass is 32.2. The van der Waals surface area contributed by atoms with Crippen molar-refractivity contribution in [2.45, 2.75) is 39.0 Å². The summed E-state index contributed by atoms with van der Waals surface area (Å²) in [5.41, 5.74) is 0. The lowest BCUT2D eigenvalue weighted by molar-refractivity contribution is 0.135. The molecule has 0 aromatic carbocycles. The lowest BCUT2D eigenvalue weighted by Crippen LogP contribution is -2.55. The molecule has 0 aliphatic carbocycles. The van der Waals surface area contributed by atoms with Crippen molar-refractivity contribution in [3.63, 3.8) is 0 Å². The van der Waals surface area contributed by atoms with E-state index in [1.165, 1.54) is 0 Å². The molecule has 0 aromatic heterocycles. The van der Waals surface area contributed by atoms with E-state index in [2.05, 4.69) is 24.1 Å². The molecular weight excluding hydrogens is 250 g/mol. The Kier molecular flexibility index (Phi) is 6.04. The number of likely N-dealkylation sites (N-methyl/N-ethyl adjacent to an activating group) is 1. The molecule has 0 amide bonds. The quantitative estimate of drug-likeness (QED) is 0.761. The summed E-state index contributed by atoms with van der Waals surface area (Å²) >= 11 is 0. The normalized spacial score (nSPS) is 25.2. The highest BCUT2D eigenvalue weighted by Gasteiger charge is 2.33. The Labute approximate surface area is 112 Å². The molecule has 5 nitrogen and oxygen atoms in total. The van der Waals surface area contributed by atoms with Gasteiger partial charge in [0.15, 0.2) is 0 Å². The molecule has 0 radical (unpaired) electrons. The van der Waals surface area contributed by atoms with Crippen LogP contribution in [0.2, 0.25) is 0 Å². The molecule has 1 aliphatic heterocycles. The van der Waals surface area contributed by atoms with Gasteiger partial charge in [-0.2, -0.15) is 4.31 Å². The summed E-state index contributed by atoms with van der Waals surface area (Å²) in [4.78, 5) is 2.32. The highest BCUT2D eigenvalue weighted by molar-refractivity contribution is 7.89. The Morgan fingerprint density at radius 3 is 2.50 bits per heavy atom. The molecule has 0 spiro atoms. The predicted octanol–water partition coefficient (Wildman–Crippen LogP) is 0.340. The molecular formula is C12H27N3O2S. The van der Waals surface area contributed by atoms with Crippen molar-refractivity contribution in [2.75, 3.05) is 39.3 Å². The van der Waals surface area contributed by atoms with Crippen molar-refractivity contribution in [2.24, 2.45) is 0 Å². The van der Waals surface area contributed by atoms with Gasteiger partial charge in [-0.3, -0.25) is 4.90 Å². The van der Waals surface area contributed by atoms with Crippen LogP contribution in [-0.2, 0) is 10.0 Å². The van der Waals surface area contributed by atoms with E-state index in [0.29, 0.717) is 25.7 Å². The van der Waals surface area contributed by atoms with Gasteiger partial charge < -0.3 is 5.32 Å². The van der Waals surface area contributed by atoms with Crippen LogP contribution in [0.3, 0.4) is 0 Å². The van der Waals surface area contributed by atoms with Gasteiger partial charge in [0.1, 0.15) is 0 Å². The first-order valence-corrected chi connectivity index (χ1v) is 8.37. The van der Waals surface area contributed by atoms with Crippen LogP contribution < -0.4 is 5.32 Å². The third-order valence-corrected chi connectivity index (χ3v) is 5.92. The third kappa shape index (κ3) is 3.66. The molecule has 6 heteroatoms. The number of sulfonamides is 1. The molecule has 1 aliphatic rings. The summed E-state index contributed by atoms with van der Waals surface area (Å²) in [7, 11) is -3.15. The summed E-state index contributed by atoms with van der Waals surface area (Å²) in [6.45, 7) is 12.4. The summed E-state index contributed by atoms with van der Waals surface area (Å²) in [6, 6.07) is 0.310. The van der Waals surface area contributed by atoms with Crippen molar-refractivity contribution in [1.29, 1.82) is 0 Å². The standard InChI is InChI=1S/C12H27N3O2S/c1-5-13-9-12(4)18(16,17)15-8-7-14(6-2)11(3)10-15/h11-13H,5-10H2,1-4H3. The van der Waals surface area contributed by atoms with Gasteiger partial charge in [-0.25, -0.2) is 8.42 Å². The van der Waals surface area contributed by atoms with Gasteiger partial charge in [-0.15, -0.1) is 0 Å². The number of nitrogens with one attached hydrogen (secondary N) is 1. The van der Waals surface area contributed by atoms with Crippen molar-refractivity contribution in [3.05, 3.63) is 0 Å². The molecule has 1 fully saturated rings. The first kappa shape index (κ1) is 15.9. The number of nitrogens with zero attached hydrogens (tertiary/aromatic N) is 2. The molecule has 0 aromatic rings. The average molecular weight is 277 g/mol. The van der Waals surface area contributed by atoms with Gasteiger partial charge in [0.2, 0.25) is 10.0 Å². The second-order valence-electron chi connectivity index (χ2n) is 5.00. The van der Waals surface area contributed by atoms with Crippen molar-refractivity contribution >= 4 is 10.0 Å². The molecule has 0 bridgehead atoms. The van der Waals surface area contributed by atoms with Gasteiger partial charge in [0.25, 0.3) is 0 Å². The molecule has 1 rings (SSSR count).